The van der Waals surface area contributed by atoms with E-state index in [1.807, 2.05) is 12.1 Å². The molecule has 3 rings (SSSR count). The smallest absolute Gasteiger partial charge is 0.139 e. The first-order chi connectivity index (χ1) is 7.69. The molecule has 2 aromatic rings. The molecule has 0 aromatic heterocycles. The lowest BCUT2D eigenvalue weighted by molar-refractivity contribution is 0.453. The zero-order chi connectivity index (χ0) is 11.2. The van der Waals surface area contributed by atoms with E-state index in [-0.39, 0.29) is 0 Å². The normalized spacial score (nSPS) is 17.9. The summed E-state index contributed by atoms with van der Waals surface area (Å²) in [5.74, 6) is 2.03. The maximum atomic E-state index is 5.93. The second-order valence-corrected chi connectivity index (χ2v) is 7.86. The van der Waals surface area contributed by atoms with Crippen LogP contribution in [0.4, 0.5) is 0 Å². The molecule has 1 aliphatic rings. The van der Waals surface area contributed by atoms with Crippen LogP contribution >= 0.6 is 10.0 Å². The van der Waals surface area contributed by atoms with Crippen molar-refractivity contribution < 1.29 is 4.74 Å². The molecule has 0 fully saturated rings. The second-order valence-electron chi connectivity index (χ2n) is 4.32. The Morgan fingerprint density at radius 2 is 1.19 bits per heavy atom. The van der Waals surface area contributed by atoms with Gasteiger partial charge in [0.05, 0.1) is 0 Å². The van der Waals surface area contributed by atoms with Gasteiger partial charge in [0.15, 0.2) is 0 Å². The van der Waals surface area contributed by atoms with E-state index in [0.29, 0.717) is 0 Å². The highest BCUT2D eigenvalue weighted by Gasteiger charge is 2.29. The van der Waals surface area contributed by atoms with Gasteiger partial charge in [0.25, 0.3) is 0 Å². The van der Waals surface area contributed by atoms with E-state index in [1.54, 1.807) is 0 Å². The Balaban J connectivity index is 2.28. The molecule has 1 nitrogen and oxygen atoms in total. The maximum Gasteiger partial charge on any atom is 0.139 e. The third kappa shape index (κ3) is 1.26. The summed E-state index contributed by atoms with van der Waals surface area (Å²) >= 11 is 0. The fourth-order valence-electron chi connectivity index (χ4n) is 2.15. The van der Waals surface area contributed by atoms with Crippen LogP contribution in [0.1, 0.15) is 0 Å². The van der Waals surface area contributed by atoms with E-state index in [0.717, 1.165) is 11.5 Å². The molecule has 0 amide bonds. The molecule has 82 valence electrons. The van der Waals surface area contributed by atoms with Crippen molar-refractivity contribution >= 4 is 10.0 Å². The fourth-order valence-corrected chi connectivity index (χ4v) is 4.45. The Bertz CT molecular complexity index is 498. The maximum absolute atomic E-state index is 5.93. The number of para-hydroxylation sites is 2. The van der Waals surface area contributed by atoms with Crippen molar-refractivity contribution in [1.29, 1.82) is 0 Å². The first-order valence-corrected chi connectivity index (χ1v) is 7.74. The SMILES string of the molecule is CS1(C)c2ccccc2Oc2ccccc21. The third-order valence-corrected chi connectivity index (χ3v) is 5.89. The van der Waals surface area contributed by atoms with Crippen LogP contribution in [-0.4, -0.2) is 12.5 Å². The van der Waals surface area contributed by atoms with Gasteiger partial charge in [0.1, 0.15) is 11.5 Å². The highest BCUT2D eigenvalue weighted by atomic mass is 32.3. The van der Waals surface area contributed by atoms with Crippen LogP contribution in [-0.2, 0) is 0 Å². The Labute approximate surface area is 97.4 Å². The van der Waals surface area contributed by atoms with Crippen LogP contribution in [0.15, 0.2) is 58.3 Å². The first kappa shape index (κ1) is 9.79. The number of benzene rings is 2. The predicted molar refractivity (Wildman–Crippen MR) is 68.9 cm³/mol. The second kappa shape index (κ2) is 3.29. The quantitative estimate of drug-likeness (QED) is 0.656. The average molecular weight is 230 g/mol. The van der Waals surface area contributed by atoms with Crippen molar-refractivity contribution in [1.82, 2.24) is 0 Å². The van der Waals surface area contributed by atoms with Crippen LogP contribution in [0.5, 0.6) is 11.5 Å². The summed E-state index contributed by atoms with van der Waals surface area (Å²) in [6.45, 7) is 0. The number of hydrogen-bond donors (Lipinski definition) is 0. The van der Waals surface area contributed by atoms with Crippen molar-refractivity contribution in [2.45, 2.75) is 9.79 Å². The lowest BCUT2D eigenvalue weighted by atomic mass is 10.3. The van der Waals surface area contributed by atoms with Gasteiger partial charge >= 0.3 is 0 Å². The molecule has 0 atom stereocenters. The molecule has 2 aromatic carbocycles. The van der Waals surface area contributed by atoms with Crippen molar-refractivity contribution in [2.75, 3.05) is 12.5 Å². The van der Waals surface area contributed by atoms with Gasteiger partial charge in [0.2, 0.25) is 0 Å². The van der Waals surface area contributed by atoms with Gasteiger partial charge in [-0.2, -0.15) is 10.0 Å². The van der Waals surface area contributed by atoms with E-state index in [2.05, 4.69) is 48.9 Å². The molecule has 0 unspecified atom stereocenters. The molecule has 0 aliphatic carbocycles. The van der Waals surface area contributed by atoms with E-state index in [9.17, 15) is 0 Å². The molecule has 2 heteroatoms. The Kier molecular flexibility index (Phi) is 2.01. The minimum atomic E-state index is -0.926. The van der Waals surface area contributed by atoms with Gasteiger partial charge in [-0.1, -0.05) is 24.3 Å². The number of hydrogen-bond acceptors (Lipinski definition) is 1. The van der Waals surface area contributed by atoms with Crippen LogP contribution in [0, 0.1) is 0 Å². The van der Waals surface area contributed by atoms with Gasteiger partial charge < -0.3 is 4.74 Å². The van der Waals surface area contributed by atoms with E-state index < -0.39 is 10.0 Å². The molecule has 0 saturated heterocycles. The molecule has 16 heavy (non-hydrogen) atoms. The van der Waals surface area contributed by atoms with Crippen LogP contribution < -0.4 is 4.74 Å². The summed E-state index contributed by atoms with van der Waals surface area (Å²) in [6, 6.07) is 16.7. The first-order valence-electron chi connectivity index (χ1n) is 5.29. The number of fused-ring (bicyclic) bond motifs is 2. The third-order valence-electron chi connectivity index (χ3n) is 3.02. The van der Waals surface area contributed by atoms with Crippen molar-refractivity contribution in [3.05, 3.63) is 48.5 Å². The molecule has 0 saturated carbocycles. The predicted octanol–water partition coefficient (Wildman–Crippen LogP) is 4.27. The van der Waals surface area contributed by atoms with Gasteiger partial charge in [0, 0.05) is 9.79 Å². The Hall–Kier alpha value is -1.41. The molecule has 0 N–H and O–H groups in total. The molecular formula is C14H14OS. The van der Waals surface area contributed by atoms with Gasteiger partial charge in [-0.05, 0) is 36.8 Å². The minimum absolute atomic E-state index is 0.926. The minimum Gasteiger partial charge on any atom is -0.455 e. The van der Waals surface area contributed by atoms with E-state index in [4.69, 9.17) is 4.74 Å². The number of ether oxygens (including phenoxy) is 1. The number of rotatable bonds is 0. The standard InChI is InChI=1S/C14H14OS/c1-16(2)13-9-5-3-7-11(13)15-12-8-4-6-10-14(12)16/h3-10H,1-2H3. The summed E-state index contributed by atoms with van der Waals surface area (Å²) in [5, 5.41) is 0. The summed E-state index contributed by atoms with van der Waals surface area (Å²) in [4.78, 5) is 2.68. The van der Waals surface area contributed by atoms with E-state index in [1.165, 1.54) is 9.79 Å². The topological polar surface area (TPSA) is 9.23 Å². The highest BCUT2D eigenvalue weighted by molar-refractivity contribution is 8.32. The van der Waals surface area contributed by atoms with Gasteiger partial charge in [-0.25, -0.2) is 0 Å². The van der Waals surface area contributed by atoms with Crippen LogP contribution in [0.25, 0.3) is 0 Å². The fraction of sp³-hybridized carbons (Fsp3) is 0.143. The molecule has 0 spiro atoms. The van der Waals surface area contributed by atoms with Crippen molar-refractivity contribution in [2.24, 2.45) is 0 Å². The Morgan fingerprint density at radius 3 is 1.69 bits per heavy atom. The highest BCUT2D eigenvalue weighted by Crippen LogP contribution is 2.65. The summed E-state index contributed by atoms with van der Waals surface area (Å²) in [6.07, 6.45) is 4.65. The largest absolute Gasteiger partial charge is 0.455 e. The summed E-state index contributed by atoms with van der Waals surface area (Å²) in [5.41, 5.74) is 0. The van der Waals surface area contributed by atoms with Crippen molar-refractivity contribution in [3.8, 4) is 11.5 Å². The van der Waals surface area contributed by atoms with E-state index >= 15 is 0 Å². The van der Waals surface area contributed by atoms with Crippen molar-refractivity contribution in [3.63, 3.8) is 0 Å². The molecule has 0 bridgehead atoms. The molecule has 1 aliphatic heterocycles. The average Bonchev–Trinajstić information content (AvgIpc) is 2.29. The zero-order valence-corrected chi connectivity index (χ0v) is 10.3. The molecule has 0 radical (unpaired) electrons. The summed E-state index contributed by atoms with van der Waals surface area (Å²) < 4.78 is 5.93. The van der Waals surface area contributed by atoms with Crippen LogP contribution in [0.2, 0.25) is 0 Å². The lowest BCUT2D eigenvalue weighted by Gasteiger charge is -2.38. The van der Waals surface area contributed by atoms with Gasteiger partial charge in [-0.15, -0.1) is 0 Å². The monoisotopic (exact) mass is 230 g/mol. The van der Waals surface area contributed by atoms with Gasteiger partial charge in [-0.3, -0.25) is 0 Å². The summed E-state index contributed by atoms with van der Waals surface area (Å²) in [7, 11) is -0.926. The van der Waals surface area contributed by atoms with Crippen LogP contribution in [0.3, 0.4) is 0 Å². The Morgan fingerprint density at radius 1 is 0.750 bits per heavy atom. The lowest BCUT2D eigenvalue weighted by Crippen LogP contribution is -2.06. The molecule has 1 heterocycles. The molecular weight excluding hydrogens is 216 g/mol. The zero-order valence-electron chi connectivity index (χ0n) is 9.44.